The topological polar surface area (TPSA) is 49.0 Å². The first-order valence-electron chi connectivity index (χ1n) is 10.6. The van der Waals surface area contributed by atoms with E-state index in [9.17, 15) is 0 Å². The van der Waals surface area contributed by atoms with Crippen molar-refractivity contribution in [1.29, 1.82) is 0 Å². The molecule has 0 bridgehead atoms. The van der Waals surface area contributed by atoms with Crippen LogP contribution in [0.2, 0.25) is 0 Å². The van der Waals surface area contributed by atoms with Gasteiger partial charge in [0.05, 0.1) is 26.9 Å². The van der Waals surface area contributed by atoms with Gasteiger partial charge in [0.2, 0.25) is 0 Å². The van der Waals surface area contributed by atoms with Gasteiger partial charge in [0.1, 0.15) is 6.61 Å². The molecule has 0 fully saturated rings. The summed E-state index contributed by atoms with van der Waals surface area (Å²) in [6, 6.07) is 20.5. The number of rotatable bonds is 8. The van der Waals surface area contributed by atoms with E-state index in [1.54, 1.807) is 14.2 Å². The van der Waals surface area contributed by atoms with Gasteiger partial charge in [-0.3, -0.25) is 0 Å². The van der Waals surface area contributed by atoms with Crippen LogP contribution in [0.25, 0.3) is 0 Å². The number of benzene rings is 3. The molecule has 0 spiro atoms. The molecule has 0 saturated heterocycles. The molecule has 31 heavy (non-hydrogen) atoms. The zero-order valence-electron chi connectivity index (χ0n) is 18.3. The minimum Gasteiger partial charge on any atom is -0.493 e. The maximum absolute atomic E-state index is 6.03. The average Bonchev–Trinajstić information content (AvgIpc) is 2.82. The number of hydrogen-bond donors (Lipinski definition) is 1. The second kappa shape index (κ2) is 9.75. The van der Waals surface area contributed by atoms with Gasteiger partial charge in [0, 0.05) is 6.54 Å². The molecule has 1 N–H and O–H groups in total. The molecule has 1 unspecified atom stereocenters. The average molecular weight is 420 g/mol. The standard InChI is InChI=1S/C26H29NO4/c1-4-30-25-16-21-19(14-24(25)29-3)12-13-27-26(21)20-10-11-22(23(15-20)28-2)31-17-18-8-6-5-7-9-18/h5-11,14-16,26-27H,4,12-13,17H2,1-3H3. The smallest absolute Gasteiger partial charge is 0.161 e. The fourth-order valence-electron chi connectivity index (χ4n) is 4.01. The fourth-order valence-corrected chi connectivity index (χ4v) is 4.01. The van der Waals surface area contributed by atoms with Crippen molar-refractivity contribution in [2.45, 2.75) is 26.0 Å². The molecule has 3 aromatic rings. The first-order chi connectivity index (χ1) is 15.2. The van der Waals surface area contributed by atoms with Crippen LogP contribution >= 0.6 is 0 Å². The van der Waals surface area contributed by atoms with Gasteiger partial charge in [-0.05, 0) is 59.9 Å². The van der Waals surface area contributed by atoms with Crippen LogP contribution < -0.4 is 24.3 Å². The van der Waals surface area contributed by atoms with Crippen molar-refractivity contribution in [2.24, 2.45) is 0 Å². The van der Waals surface area contributed by atoms with Gasteiger partial charge in [0.25, 0.3) is 0 Å². The van der Waals surface area contributed by atoms with E-state index >= 15 is 0 Å². The van der Waals surface area contributed by atoms with E-state index in [-0.39, 0.29) is 6.04 Å². The van der Waals surface area contributed by atoms with Crippen molar-refractivity contribution >= 4 is 0 Å². The number of ether oxygens (including phenoxy) is 4. The van der Waals surface area contributed by atoms with Gasteiger partial charge >= 0.3 is 0 Å². The minimum atomic E-state index is 0.0472. The predicted molar refractivity (Wildman–Crippen MR) is 121 cm³/mol. The third kappa shape index (κ3) is 4.62. The van der Waals surface area contributed by atoms with Crippen molar-refractivity contribution in [3.05, 3.63) is 82.9 Å². The Labute approximate surface area is 183 Å². The molecular formula is C26H29NO4. The Balaban J connectivity index is 1.62. The SMILES string of the molecule is CCOc1cc2c(cc1OC)CCNC2c1ccc(OCc2ccccc2)c(OC)c1. The Morgan fingerprint density at radius 2 is 1.61 bits per heavy atom. The van der Waals surface area contributed by atoms with E-state index in [4.69, 9.17) is 18.9 Å². The summed E-state index contributed by atoms with van der Waals surface area (Å²) in [5.41, 5.74) is 4.72. The van der Waals surface area contributed by atoms with E-state index in [0.29, 0.717) is 13.2 Å². The van der Waals surface area contributed by atoms with Crippen molar-refractivity contribution in [3.63, 3.8) is 0 Å². The lowest BCUT2D eigenvalue weighted by Crippen LogP contribution is -2.30. The van der Waals surface area contributed by atoms with Gasteiger partial charge in [-0.1, -0.05) is 36.4 Å². The Morgan fingerprint density at radius 1 is 0.839 bits per heavy atom. The molecule has 5 heteroatoms. The summed E-state index contributed by atoms with van der Waals surface area (Å²) in [6.07, 6.45) is 0.948. The Hall–Kier alpha value is -3.18. The van der Waals surface area contributed by atoms with E-state index in [1.165, 1.54) is 11.1 Å². The third-order valence-electron chi connectivity index (χ3n) is 5.54. The molecule has 0 aliphatic carbocycles. The molecule has 0 saturated carbocycles. The maximum Gasteiger partial charge on any atom is 0.161 e. The fraction of sp³-hybridized carbons (Fsp3) is 0.308. The first kappa shape index (κ1) is 21.1. The molecular weight excluding hydrogens is 390 g/mol. The predicted octanol–water partition coefficient (Wildman–Crippen LogP) is 4.92. The van der Waals surface area contributed by atoms with Crippen LogP contribution in [0.1, 0.15) is 35.2 Å². The van der Waals surface area contributed by atoms with E-state index < -0.39 is 0 Å². The van der Waals surface area contributed by atoms with E-state index in [1.807, 2.05) is 43.3 Å². The van der Waals surface area contributed by atoms with Crippen LogP contribution in [0.5, 0.6) is 23.0 Å². The Bertz CT molecular complexity index is 1020. The lowest BCUT2D eigenvalue weighted by atomic mass is 9.89. The van der Waals surface area contributed by atoms with Crippen LogP contribution in [0.15, 0.2) is 60.7 Å². The van der Waals surface area contributed by atoms with E-state index in [2.05, 4.69) is 29.6 Å². The summed E-state index contributed by atoms with van der Waals surface area (Å²) in [6.45, 7) is 3.96. The summed E-state index contributed by atoms with van der Waals surface area (Å²) in [5, 5.41) is 3.63. The van der Waals surface area contributed by atoms with Crippen molar-refractivity contribution in [3.8, 4) is 23.0 Å². The summed E-state index contributed by atoms with van der Waals surface area (Å²) < 4.78 is 23.0. The van der Waals surface area contributed by atoms with Crippen LogP contribution in [0, 0.1) is 0 Å². The number of nitrogens with one attached hydrogen (secondary N) is 1. The molecule has 1 heterocycles. The van der Waals surface area contributed by atoms with Crippen LogP contribution in [0.4, 0.5) is 0 Å². The van der Waals surface area contributed by atoms with Gasteiger partial charge in [-0.15, -0.1) is 0 Å². The normalized spacial score (nSPS) is 15.1. The van der Waals surface area contributed by atoms with Crippen molar-refractivity contribution in [1.82, 2.24) is 5.32 Å². The Morgan fingerprint density at radius 3 is 2.35 bits per heavy atom. The summed E-state index contributed by atoms with van der Waals surface area (Å²) in [5.74, 6) is 3.01. The summed E-state index contributed by atoms with van der Waals surface area (Å²) >= 11 is 0. The highest BCUT2D eigenvalue weighted by molar-refractivity contribution is 5.53. The number of fused-ring (bicyclic) bond motifs is 1. The molecule has 0 amide bonds. The van der Waals surface area contributed by atoms with E-state index in [0.717, 1.165) is 47.1 Å². The maximum atomic E-state index is 6.03. The largest absolute Gasteiger partial charge is 0.493 e. The van der Waals surface area contributed by atoms with Gasteiger partial charge in [-0.2, -0.15) is 0 Å². The molecule has 1 aliphatic heterocycles. The second-order valence-corrected chi connectivity index (χ2v) is 7.46. The van der Waals surface area contributed by atoms with Crippen molar-refractivity contribution in [2.75, 3.05) is 27.4 Å². The minimum absolute atomic E-state index is 0.0472. The highest BCUT2D eigenvalue weighted by Crippen LogP contribution is 2.39. The molecule has 1 atom stereocenters. The molecule has 3 aromatic carbocycles. The van der Waals surface area contributed by atoms with Crippen LogP contribution in [0.3, 0.4) is 0 Å². The molecule has 0 radical (unpaired) electrons. The van der Waals surface area contributed by atoms with Crippen molar-refractivity contribution < 1.29 is 18.9 Å². The Kier molecular flexibility index (Phi) is 6.63. The molecule has 1 aliphatic rings. The zero-order chi connectivity index (χ0) is 21.6. The lowest BCUT2D eigenvalue weighted by Gasteiger charge is -2.29. The van der Waals surface area contributed by atoms with Gasteiger partial charge < -0.3 is 24.3 Å². The second-order valence-electron chi connectivity index (χ2n) is 7.46. The van der Waals surface area contributed by atoms with Gasteiger partial charge in [0.15, 0.2) is 23.0 Å². The zero-order valence-corrected chi connectivity index (χ0v) is 18.3. The third-order valence-corrected chi connectivity index (χ3v) is 5.54. The van der Waals surface area contributed by atoms with Crippen LogP contribution in [-0.4, -0.2) is 27.4 Å². The summed E-state index contributed by atoms with van der Waals surface area (Å²) in [7, 11) is 3.36. The van der Waals surface area contributed by atoms with Crippen LogP contribution in [-0.2, 0) is 13.0 Å². The first-order valence-corrected chi connectivity index (χ1v) is 10.6. The molecule has 4 rings (SSSR count). The molecule has 162 valence electrons. The summed E-state index contributed by atoms with van der Waals surface area (Å²) in [4.78, 5) is 0. The highest BCUT2D eigenvalue weighted by atomic mass is 16.5. The quantitative estimate of drug-likeness (QED) is 0.562. The lowest BCUT2D eigenvalue weighted by molar-refractivity contribution is 0.284. The molecule has 0 aromatic heterocycles. The monoisotopic (exact) mass is 419 g/mol. The molecule has 5 nitrogen and oxygen atoms in total. The number of methoxy groups -OCH3 is 2. The highest BCUT2D eigenvalue weighted by Gasteiger charge is 2.25. The number of hydrogen-bond acceptors (Lipinski definition) is 5. The van der Waals surface area contributed by atoms with Gasteiger partial charge in [-0.25, -0.2) is 0 Å².